The maximum absolute atomic E-state index is 11.6. The molecule has 2 N–H and O–H groups in total. The minimum Gasteiger partial charge on any atom is -0.339 e. The lowest BCUT2D eigenvalue weighted by Gasteiger charge is -2.29. The first-order valence-corrected chi connectivity index (χ1v) is 5.72. The van der Waals surface area contributed by atoms with Crippen molar-refractivity contribution in [2.45, 2.75) is 26.3 Å². The second-order valence-corrected chi connectivity index (χ2v) is 4.76. The Bertz CT molecular complexity index is 218. The van der Waals surface area contributed by atoms with Gasteiger partial charge in [0.15, 0.2) is 0 Å². The normalized spacial score (nSPS) is 22.3. The molecule has 4 nitrogen and oxygen atoms in total. The fourth-order valence-electron chi connectivity index (χ4n) is 2.17. The van der Waals surface area contributed by atoms with E-state index in [1.165, 1.54) is 6.42 Å². The van der Waals surface area contributed by atoms with Crippen molar-refractivity contribution >= 4 is 5.91 Å². The minimum absolute atomic E-state index is 0.0690. The van der Waals surface area contributed by atoms with Gasteiger partial charge in [-0.15, -0.1) is 0 Å². The number of nitrogens with zero attached hydrogens (tertiary/aromatic N) is 2. The zero-order valence-electron chi connectivity index (χ0n) is 10.1. The molecule has 0 saturated carbocycles. The summed E-state index contributed by atoms with van der Waals surface area (Å²) >= 11 is 0. The molecule has 0 bridgehead atoms. The number of hydrogen-bond acceptors (Lipinski definition) is 3. The van der Waals surface area contributed by atoms with E-state index in [0.717, 1.165) is 19.6 Å². The molecule has 1 heterocycles. The van der Waals surface area contributed by atoms with Gasteiger partial charge >= 0.3 is 0 Å². The predicted molar refractivity (Wildman–Crippen MR) is 61.5 cm³/mol. The highest BCUT2D eigenvalue weighted by molar-refractivity contribution is 5.78. The van der Waals surface area contributed by atoms with Crippen LogP contribution in [0.5, 0.6) is 0 Å². The van der Waals surface area contributed by atoms with Gasteiger partial charge in [0.05, 0.1) is 6.54 Å². The van der Waals surface area contributed by atoms with Crippen LogP contribution in [0.3, 0.4) is 0 Å². The molecule has 0 aromatic carbocycles. The molecule has 0 aromatic heterocycles. The molecule has 1 saturated heterocycles. The van der Waals surface area contributed by atoms with Crippen LogP contribution < -0.4 is 5.73 Å². The lowest BCUT2D eigenvalue weighted by Crippen LogP contribution is -2.43. The van der Waals surface area contributed by atoms with E-state index in [1.54, 1.807) is 0 Å². The Kier molecular flexibility index (Phi) is 4.54. The van der Waals surface area contributed by atoms with Gasteiger partial charge in [0.1, 0.15) is 0 Å². The van der Waals surface area contributed by atoms with Crippen LogP contribution in [-0.2, 0) is 4.79 Å². The molecule has 0 radical (unpaired) electrons. The fourth-order valence-corrected chi connectivity index (χ4v) is 2.17. The largest absolute Gasteiger partial charge is 0.339 e. The maximum atomic E-state index is 11.6. The second-order valence-electron chi connectivity index (χ2n) is 4.76. The summed E-state index contributed by atoms with van der Waals surface area (Å²) in [5.74, 6) is 0.687. The summed E-state index contributed by atoms with van der Waals surface area (Å²) in [6, 6.07) is 0.256. The van der Waals surface area contributed by atoms with Crippen molar-refractivity contribution in [2.24, 2.45) is 11.7 Å². The molecule has 0 unspecified atom stereocenters. The molecule has 1 amide bonds. The average molecular weight is 213 g/mol. The first-order chi connectivity index (χ1) is 7.04. The van der Waals surface area contributed by atoms with Crippen molar-refractivity contribution in [1.29, 1.82) is 0 Å². The molecule has 1 rings (SSSR count). The maximum Gasteiger partial charge on any atom is 0.236 e. The van der Waals surface area contributed by atoms with E-state index in [2.05, 4.69) is 11.9 Å². The smallest absolute Gasteiger partial charge is 0.236 e. The molecule has 0 aromatic rings. The van der Waals surface area contributed by atoms with E-state index in [1.807, 2.05) is 18.7 Å². The van der Waals surface area contributed by atoms with Crippen molar-refractivity contribution in [3.8, 4) is 0 Å². The van der Waals surface area contributed by atoms with Crippen LogP contribution in [0.15, 0.2) is 0 Å². The highest BCUT2D eigenvalue weighted by Crippen LogP contribution is 2.16. The van der Waals surface area contributed by atoms with E-state index >= 15 is 0 Å². The summed E-state index contributed by atoms with van der Waals surface area (Å²) in [6.45, 7) is 7.33. The van der Waals surface area contributed by atoms with Crippen molar-refractivity contribution in [3.63, 3.8) is 0 Å². The fraction of sp³-hybridized carbons (Fsp3) is 0.909. The molecule has 15 heavy (non-hydrogen) atoms. The number of rotatable bonds is 4. The Balaban J connectivity index is 2.48. The SMILES string of the molecule is CC(C)N(C[C@@H]1CCN(C)C1)C(=O)CN. The van der Waals surface area contributed by atoms with Gasteiger partial charge in [-0.05, 0) is 39.8 Å². The lowest BCUT2D eigenvalue weighted by atomic mass is 10.1. The molecule has 1 fully saturated rings. The Morgan fingerprint density at radius 3 is 2.67 bits per heavy atom. The molecular formula is C11H23N3O. The first-order valence-electron chi connectivity index (χ1n) is 5.72. The Labute approximate surface area is 92.4 Å². The Hall–Kier alpha value is -0.610. The summed E-state index contributed by atoms with van der Waals surface area (Å²) < 4.78 is 0. The quantitative estimate of drug-likeness (QED) is 0.722. The van der Waals surface area contributed by atoms with Gasteiger partial charge in [0, 0.05) is 19.1 Å². The van der Waals surface area contributed by atoms with Crippen molar-refractivity contribution in [2.75, 3.05) is 33.2 Å². The van der Waals surface area contributed by atoms with Gasteiger partial charge in [0.25, 0.3) is 0 Å². The summed E-state index contributed by atoms with van der Waals surface area (Å²) in [7, 11) is 2.13. The number of carbonyl (C=O) groups is 1. The van der Waals surface area contributed by atoms with Gasteiger partial charge in [-0.25, -0.2) is 0 Å². The minimum atomic E-state index is 0.0690. The Morgan fingerprint density at radius 1 is 1.60 bits per heavy atom. The van der Waals surface area contributed by atoms with Gasteiger partial charge in [-0.1, -0.05) is 0 Å². The summed E-state index contributed by atoms with van der Waals surface area (Å²) in [6.07, 6.45) is 1.19. The van der Waals surface area contributed by atoms with Gasteiger partial charge in [0.2, 0.25) is 5.91 Å². The number of likely N-dealkylation sites (tertiary alicyclic amines) is 1. The van der Waals surface area contributed by atoms with Crippen LogP contribution in [-0.4, -0.2) is 55.0 Å². The third-order valence-electron chi connectivity index (χ3n) is 3.06. The highest BCUT2D eigenvalue weighted by atomic mass is 16.2. The van der Waals surface area contributed by atoms with Crippen molar-refractivity contribution in [1.82, 2.24) is 9.80 Å². The van der Waals surface area contributed by atoms with E-state index < -0.39 is 0 Å². The van der Waals surface area contributed by atoms with Crippen LogP contribution in [0, 0.1) is 5.92 Å². The molecular weight excluding hydrogens is 190 g/mol. The number of amides is 1. The lowest BCUT2D eigenvalue weighted by molar-refractivity contribution is -0.132. The van der Waals surface area contributed by atoms with Crippen molar-refractivity contribution in [3.05, 3.63) is 0 Å². The third-order valence-corrected chi connectivity index (χ3v) is 3.06. The zero-order valence-corrected chi connectivity index (χ0v) is 10.1. The predicted octanol–water partition coefficient (Wildman–Crippen LogP) is 0.134. The molecule has 0 spiro atoms. The van der Waals surface area contributed by atoms with E-state index in [0.29, 0.717) is 5.92 Å². The second kappa shape index (κ2) is 5.47. The van der Waals surface area contributed by atoms with Gasteiger partial charge < -0.3 is 15.5 Å². The van der Waals surface area contributed by atoms with Crippen LogP contribution in [0.1, 0.15) is 20.3 Å². The first kappa shape index (κ1) is 12.5. The van der Waals surface area contributed by atoms with E-state index in [9.17, 15) is 4.79 Å². The molecule has 0 aliphatic carbocycles. The van der Waals surface area contributed by atoms with Crippen LogP contribution >= 0.6 is 0 Å². The molecule has 1 aliphatic rings. The van der Waals surface area contributed by atoms with Crippen molar-refractivity contribution < 1.29 is 4.79 Å². The standard InChI is InChI=1S/C11H23N3O/c1-9(2)14(11(15)6-12)8-10-4-5-13(3)7-10/h9-10H,4-8,12H2,1-3H3/t10-/m1/s1. The number of carbonyl (C=O) groups excluding carboxylic acids is 1. The Morgan fingerprint density at radius 2 is 2.27 bits per heavy atom. The van der Waals surface area contributed by atoms with Gasteiger partial charge in [-0.3, -0.25) is 4.79 Å². The van der Waals surface area contributed by atoms with Crippen LogP contribution in [0.25, 0.3) is 0 Å². The summed E-state index contributed by atoms with van der Waals surface area (Å²) in [5.41, 5.74) is 5.41. The topological polar surface area (TPSA) is 49.6 Å². The van der Waals surface area contributed by atoms with Crippen LogP contribution in [0.2, 0.25) is 0 Å². The summed E-state index contributed by atoms with van der Waals surface area (Å²) in [4.78, 5) is 15.8. The number of nitrogens with two attached hydrogens (primary N) is 1. The van der Waals surface area contributed by atoms with E-state index in [4.69, 9.17) is 5.73 Å². The monoisotopic (exact) mass is 213 g/mol. The molecule has 4 heteroatoms. The molecule has 1 atom stereocenters. The molecule has 88 valence electrons. The zero-order chi connectivity index (χ0) is 11.4. The third kappa shape index (κ3) is 3.47. The molecule has 1 aliphatic heterocycles. The van der Waals surface area contributed by atoms with E-state index in [-0.39, 0.29) is 18.5 Å². The van der Waals surface area contributed by atoms with Gasteiger partial charge in [-0.2, -0.15) is 0 Å². The summed E-state index contributed by atoms with van der Waals surface area (Å²) in [5, 5.41) is 0. The number of hydrogen-bond donors (Lipinski definition) is 1. The highest BCUT2D eigenvalue weighted by Gasteiger charge is 2.25. The average Bonchev–Trinajstić information content (AvgIpc) is 2.59. The van der Waals surface area contributed by atoms with Crippen LogP contribution in [0.4, 0.5) is 0 Å².